The Bertz CT molecular complexity index is 723. The molecular weight excluding hydrogens is 292 g/mol. The average molecular weight is 314 g/mol. The monoisotopic (exact) mass is 314 g/mol. The van der Waals surface area contributed by atoms with Crippen molar-refractivity contribution in [3.05, 3.63) is 53.0 Å². The summed E-state index contributed by atoms with van der Waals surface area (Å²) in [6, 6.07) is 7.33. The first-order chi connectivity index (χ1) is 10.9. The fraction of sp³-hybridized carbons (Fsp3) is 0.316. The first-order valence-corrected chi connectivity index (χ1v) is 7.55. The van der Waals surface area contributed by atoms with Crippen molar-refractivity contribution in [1.82, 2.24) is 0 Å². The average Bonchev–Trinajstić information content (AvgIpc) is 2.84. The minimum atomic E-state index is -0.0994. The number of benzene rings is 1. The third-order valence-electron chi connectivity index (χ3n) is 3.30. The maximum atomic E-state index is 12.3. The molecule has 0 aliphatic carbocycles. The van der Waals surface area contributed by atoms with Gasteiger partial charge in [0.05, 0.1) is 18.8 Å². The summed E-state index contributed by atoms with van der Waals surface area (Å²) in [6.07, 6.45) is 3.27. The normalized spacial score (nSPS) is 11.2. The lowest BCUT2D eigenvalue weighted by atomic mass is 10.1. The highest BCUT2D eigenvalue weighted by Crippen LogP contribution is 2.33. The molecule has 4 heteroatoms. The Kier molecular flexibility index (Phi) is 5.27. The van der Waals surface area contributed by atoms with Crippen LogP contribution in [-0.2, 0) is 0 Å². The third-order valence-corrected chi connectivity index (χ3v) is 3.30. The number of allylic oxidation sites excluding steroid dienone is 1. The van der Waals surface area contributed by atoms with Gasteiger partial charge in [0.15, 0.2) is 17.3 Å². The van der Waals surface area contributed by atoms with Crippen molar-refractivity contribution in [3.63, 3.8) is 0 Å². The molecule has 0 radical (unpaired) electrons. The molecule has 23 heavy (non-hydrogen) atoms. The van der Waals surface area contributed by atoms with Crippen molar-refractivity contribution in [1.29, 1.82) is 0 Å². The second kappa shape index (κ2) is 7.18. The first kappa shape index (κ1) is 16.9. The van der Waals surface area contributed by atoms with Gasteiger partial charge >= 0.3 is 0 Å². The van der Waals surface area contributed by atoms with Gasteiger partial charge in [-0.2, -0.15) is 0 Å². The van der Waals surface area contributed by atoms with E-state index < -0.39 is 0 Å². The standard InChI is InChI=1S/C19H22O4/c1-12(2)22-19-15(7-6-8-18(19)21-5)9-10-17(20)16-11-13(3)23-14(16)4/h6-12H,1-5H3/b10-9+. The molecule has 0 unspecified atom stereocenters. The lowest BCUT2D eigenvalue weighted by molar-refractivity contribution is 0.104. The second-order valence-electron chi connectivity index (χ2n) is 5.57. The smallest absolute Gasteiger partial charge is 0.189 e. The number of carbonyl (C=O) groups excluding carboxylic acids is 1. The number of ether oxygens (including phenoxy) is 2. The van der Waals surface area contributed by atoms with Crippen molar-refractivity contribution in [2.75, 3.05) is 7.11 Å². The van der Waals surface area contributed by atoms with Crippen LogP contribution in [0.25, 0.3) is 6.08 Å². The predicted octanol–water partition coefficient (Wildman–Crippen LogP) is 4.59. The van der Waals surface area contributed by atoms with E-state index in [-0.39, 0.29) is 11.9 Å². The largest absolute Gasteiger partial charge is 0.493 e. The molecule has 0 spiro atoms. The van der Waals surface area contributed by atoms with Crippen LogP contribution in [0.3, 0.4) is 0 Å². The number of furan rings is 1. The Balaban J connectivity index is 2.31. The zero-order chi connectivity index (χ0) is 17.0. The summed E-state index contributed by atoms with van der Waals surface area (Å²) < 4.78 is 16.6. The summed E-state index contributed by atoms with van der Waals surface area (Å²) in [5.41, 5.74) is 1.37. The van der Waals surface area contributed by atoms with Crippen LogP contribution >= 0.6 is 0 Å². The lowest BCUT2D eigenvalue weighted by Gasteiger charge is -2.15. The van der Waals surface area contributed by atoms with Crippen LogP contribution in [0.1, 0.15) is 41.3 Å². The van der Waals surface area contributed by atoms with Crippen LogP contribution in [0.5, 0.6) is 11.5 Å². The van der Waals surface area contributed by atoms with Gasteiger partial charge in [0.25, 0.3) is 0 Å². The van der Waals surface area contributed by atoms with Crippen molar-refractivity contribution in [2.45, 2.75) is 33.8 Å². The summed E-state index contributed by atoms with van der Waals surface area (Å²) in [5.74, 6) is 2.53. The van der Waals surface area contributed by atoms with Gasteiger partial charge < -0.3 is 13.9 Å². The molecule has 122 valence electrons. The maximum absolute atomic E-state index is 12.3. The number of rotatable bonds is 6. The zero-order valence-corrected chi connectivity index (χ0v) is 14.2. The lowest BCUT2D eigenvalue weighted by Crippen LogP contribution is -2.08. The van der Waals surface area contributed by atoms with E-state index >= 15 is 0 Å². The van der Waals surface area contributed by atoms with Crippen LogP contribution in [0.2, 0.25) is 0 Å². The van der Waals surface area contributed by atoms with Gasteiger partial charge in [0, 0.05) is 5.56 Å². The van der Waals surface area contributed by atoms with E-state index in [2.05, 4.69) is 0 Å². The Morgan fingerprint density at radius 1 is 1.26 bits per heavy atom. The van der Waals surface area contributed by atoms with Crippen LogP contribution in [0.4, 0.5) is 0 Å². The van der Waals surface area contributed by atoms with Crippen molar-refractivity contribution in [2.24, 2.45) is 0 Å². The second-order valence-corrected chi connectivity index (χ2v) is 5.57. The Morgan fingerprint density at radius 2 is 2.00 bits per heavy atom. The van der Waals surface area contributed by atoms with E-state index in [9.17, 15) is 4.79 Å². The molecule has 0 N–H and O–H groups in total. The van der Waals surface area contributed by atoms with Gasteiger partial charge in [0.2, 0.25) is 0 Å². The molecule has 2 aromatic rings. The number of ketones is 1. The van der Waals surface area contributed by atoms with Crippen LogP contribution < -0.4 is 9.47 Å². The number of aryl methyl sites for hydroxylation is 2. The Morgan fingerprint density at radius 3 is 2.57 bits per heavy atom. The van der Waals surface area contributed by atoms with E-state index in [1.165, 1.54) is 6.08 Å². The summed E-state index contributed by atoms with van der Waals surface area (Å²) in [6.45, 7) is 7.50. The van der Waals surface area contributed by atoms with Gasteiger partial charge in [-0.3, -0.25) is 4.79 Å². The highest BCUT2D eigenvalue weighted by atomic mass is 16.5. The Hall–Kier alpha value is -2.49. The molecule has 0 fully saturated rings. The molecule has 0 saturated heterocycles. The quantitative estimate of drug-likeness (QED) is 0.578. The molecular formula is C19H22O4. The summed E-state index contributed by atoms with van der Waals surface area (Å²) in [7, 11) is 1.60. The summed E-state index contributed by atoms with van der Waals surface area (Å²) in [5, 5.41) is 0. The highest BCUT2D eigenvalue weighted by molar-refractivity contribution is 6.07. The van der Waals surface area contributed by atoms with Crippen molar-refractivity contribution in [3.8, 4) is 11.5 Å². The molecule has 0 saturated carbocycles. The molecule has 0 aliphatic rings. The molecule has 0 atom stereocenters. The van der Waals surface area contributed by atoms with Gasteiger partial charge in [-0.25, -0.2) is 0 Å². The molecule has 1 aromatic carbocycles. The van der Waals surface area contributed by atoms with Crippen molar-refractivity contribution >= 4 is 11.9 Å². The van der Waals surface area contributed by atoms with Gasteiger partial charge in [-0.05, 0) is 52.0 Å². The molecule has 0 amide bonds. The zero-order valence-electron chi connectivity index (χ0n) is 14.2. The fourth-order valence-electron chi connectivity index (χ4n) is 2.32. The van der Waals surface area contributed by atoms with Crippen molar-refractivity contribution < 1.29 is 18.7 Å². The highest BCUT2D eigenvalue weighted by Gasteiger charge is 2.13. The van der Waals surface area contributed by atoms with Gasteiger partial charge in [0.1, 0.15) is 11.5 Å². The molecule has 1 heterocycles. The number of hydrogen-bond donors (Lipinski definition) is 0. The van der Waals surface area contributed by atoms with E-state index in [4.69, 9.17) is 13.9 Å². The molecule has 0 bridgehead atoms. The predicted molar refractivity (Wildman–Crippen MR) is 90.3 cm³/mol. The maximum Gasteiger partial charge on any atom is 0.189 e. The van der Waals surface area contributed by atoms with Crippen LogP contribution in [-0.4, -0.2) is 19.0 Å². The minimum absolute atomic E-state index is 0.00733. The van der Waals surface area contributed by atoms with E-state index in [1.807, 2.05) is 39.0 Å². The van der Waals surface area contributed by atoms with Crippen LogP contribution in [0, 0.1) is 13.8 Å². The fourth-order valence-corrected chi connectivity index (χ4v) is 2.32. The number of carbonyl (C=O) groups is 1. The molecule has 2 rings (SSSR count). The number of methoxy groups -OCH3 is 1. The SMILES string of the molecule is COc1cccc(/C=C/C(=O)c2cc(C)oc2C)c1OC(C)C. The van der Waals surface area contributed by atoms with E-state index in [0.29, 0.717) is 22.8 Å². The first-order valence-electron chi connectivity index (χ1n) is 7.55. The minimum Gasteiger partial charge on any atom is -0.493 e. The Labute approximate surface area is 136 Å². The number of hydrogen-bond acceptors (Lipinski definition) is 4. The van der Waals surface area contributed by atoms with Gasteiger partial charge in [-0.15, -0.1) is 0 Å². The molecule has 1 aromatic heterocycles. The number of para-hydroxylation sites is 1. The van der Waals surface area contributed by atoms with E-state index in [0.717, 1.165) is 11.3 Å². The topological polar surface area (TPSA) is 48.7 Å². The summed E-state index contributed by atoms with van der Waals surface area (Å²) >= 11 is 0. The molecule has 4 nitrogen and oxygen atoms in total. The van der Waals surface area contributed by atoms with Gasteiger partial charge in [-0.1, -0.05) is 12.1 Å². The summed E-state index contributed by atoms with van der Waals surface area (Å²) in [4.78, 5) is 12.3. The van der Waals surface area contributed by atoms with E-state index in [1.54, 1.807) is 26.2 Å². The third kappa shape index (κ3) is 4.03. The molecule has 0 aliphatic heterocycles. The van der Waals surface area contributed by atoms with Crippen LogP contribution in [0.15, 0.2) is 34.8 Å².